The minimum Gasteiger partial charge on any atom is -0.355 e. The Hall–Kier alpha value is -2.17. The Morgan fingerprint density at radius 1 is 0.962 bits per heavy atom. The topological polar surface area (TPSA) is 58.2 Å². The van der Waals surface area contributed by atoms with Gasteiger partial charge in [-0.1, -0.05) is 54.6 Å². The van der Waals surface area contributed by atoms with Gasteiger partial charge in [-0.25, -0.2) is 0 Å². The van der Waals surface area contributed by atoms with Crippen molar-refractivity contribution >= 4 is 24.1 Å². The molecule has 2 aromatic rings. The van der Waals surface area contributed by atoms with Crippen LogP contribution >= 0.6 is 12.4 Å². The minimum absolute atomic E-state index is 0. The predicted molar refractivity (Wildman–Crippen MR) is 107 cm³/mol. The molecule has 26 heavy (non-hydrogen) atoms. The van der Waals surface area contributed by atoms with Crippen LogP contribution in [0.15, 0.2) is 54.6 Å². The number of Topliss-reactive ketones (excluding diaryl/α,β-unsaturated/α-hetero) is 1. The monoisotopic (exact) mass is 372 g/mol. The third-order valence-electron chi connectivity index (χ3n) is 4.60. The molecule has 0 radical (unpaired) electrons. The summed E-state index contributed by atoms with van der Waals surface area (Å²) in [6.07, 6.45) is 2.76. The molecule has 1 unspecified atom stereocenters. The Kier molecular flexibility index (Phi) is 7.82. The SMILES string of the molecule is Cl.O=C(CCC(=O)c1ccc(-c2ccccc2)cc1)NCC1CCCN1. The summed E-state index contributed by atoms with van der Waals surface area (Å²) in [4.78, 5) is 24.1. The first-order chi connectivity index (χ1) is 12.2. The van der Waals surface area contributed by atoms with E-state index in [-0.39, 0.29) is 36.9 Å². The molecule has 0 bridgehead atoms. The second kappa shape index (κ2) is 10.1. The molecule has 0 saturated carbocycles. The number of ketones is 1. The van der Waals surface area contributed by atoms with Gasteiger partial charge in [0.15, 0.2) is 5.78 Å². The fourth-order valence-electron chi connectivity index (χ4n) is 3.11. The van der Waals surface area contributed by atoms with E-state index in [1.54, 1.807) is 0 Å². The maximum absolute atomic E-state index is 12.3. The molecule has 1 aliphatic rings. The van der Waals surface area contributed by atoms with Crippen molar-refractivity contribution in [3.63, 3.8) is 0 Å². The number of benzene rings is 2. The number of halogens is 1. The van der Waals surface area contributed by atoms with Gasteiger partial charge in [0.05, 0.1) is 0 Å². The molecule has 1 fully saturated rings. The zero-order chi connectivity index (χ0) is 17.5. The van der Waals surface area contributed by atoms with Crippen LogP contribution in [0.25, 0.3) is 11.1 Å². The maximum Gasteiger partial charge on any atom is 0.220 e. The van der Waals surface area contributed by atoms with Gasteiger partial charge in [-0.2, -0.15) is 0 Å². The van der Waals surface area contributed by atoms with Gasteiger partial charge in [0, 0.05) is 31.0 Å². The summed E-state index contributed by atoms with van der Waals surface area (Å²) in [5.41, 5.74) is 2.87. The van der Waals surface area contributed by atoms with Gasteiger partial charge >= 0.3 is 0 Å². The summed E-state index contributed by atoms with van der Waals surface area (Å²) in [5, 5.41) is 6.25. The van der Waals surface area contributed by atoms with E-state index in [1.165, 1.54) is 0 Å². The second-order valence-corrected chi connectivity index (χ2v) is 6.46. The number of carbonyl (C=O) groups excluding carboxylic acids is 2. The lowest BCUT2D eigenvalue weighted by Gasteiger charge is -2.11. The lowest BCUT2D eigenvalue weighted by molar-refractivity contribution is -0.121. The van der Waals surface area contributed by atoms with Crippen LogP contribution in [-0.2, 0) is 4.79 Å². The Morgan fingerprint density at radius 2 is 1.65 bits per heavy atom. The lowest BCUT2D eigenvalue weighted by atomic mass is 10.0. The number of carbonyl (C=O) groups is 2. The van der Waals surface area contributed by atoms with E-state index in [0.29, 0.717) is 18.2 Å². The molecule has 1 heterocycles. The van der Waals surface area contributed by atoms with Gasteiger partial charge in [-0.05, 0) is 30.5 Å². The van der Waals surface area contributed by atoms with Gasteiger partial charge in [-0.3, -0.25) is 9.59 Å². The van der Waals surface area contributed by atoms with Crippen molar-refractivity contribution in [2.24, 2.45) is 0 Å². The molecule has 2 N–H and O–H groups in total. The Bertz CT molecular complexity index is 711. The van der Waals surface area contributed by atoms with Crippen LogP contribution in [0.1, 0.15) is 36.0 Å². The quantitative estimate of drug-likeness (QED) is 0.730. The lowest BCUT2D eigenvalue weighted by Crippen LogP contribution is -2.37. The molecule has 1 atom stereocenters. The van der Waals surface area contributed by atoms with Crippen molar-refractivity contribution in [3.8, 4) is 11.1 Å². The summed E-state index contributed by atoms with van der Waals surface area (Å²) in [7, 11) is 0. The number of nitrogens with one attached hydrogen (secondary N) is 2. The minimum atomic E-state index is -0.0528. The molecule has 4 nitrogen and oxygen atoms in total. The third kappa shape index (κ3) is 5.68. The molecule has 2 aromatic carbocycles. The summed E-state index contributed by atoms with van der Waals surface area (Å²) in [6, 6.07) is 18.0. The van der Waals surface area contributed by atoms with E-state index in [9.17, 15) is 9.59 Å². The molecular weight excluding hydrogens is 348 g/mol. The van der Waals surface area contributed by atoms with E-state index in [1.807, 2.05) is 54.6 Å². The van der Waals surface area contributed by atoms with Crippen molar-refractivity contribution in [2.75, 3.05) is 13.1 Å². The van der Waals surface area contributed by atoms with Crippen molar-refractivity contribution in [1.82, 2.24) is 10.6 Å². The zero-order valence-electron chi connectivity index (χ0n) is 14.7. The molecule has 1 aliphatic heterocycles. The number of rotatable bonds is 7. The largest absolute Gasteiger partial charge is 0.355 e. The molecule has 3 rings (SSSR count). The number of hydrogen-bond donors (Lipinski definition) is 2. The van der Waals surface area contributed by atoms with Crippen LogP contribution in [0, 0.1) is 0 Å². The van der Waals surface area contributed by atoms with Crippen molar-refractivity contribution in [2.45, 2.75) is 31.7 Å². The molecule has 0 aliphatic carbocycles. The second-order valence-electron chi connectivity index (χ2n) is 6.46. The van der Waals surface area contributed by atoms with Crippen LogP contribution in [0.4, 0.5) is 0 Å². The van der Waals surface area contributed by atoms with Gasteiger partial charge < -0.3 is 10.6 Å². The van der Waals surface area contributed by atoms with E-state index in [4.69, 9.17) is 0 Å². The van der Waals surface area contributed by atoms with E-state index in [0.717, 1.165) is 30.5 Å². The van der Waals surface area contributed by atoms with Crippen LogP contribution in [0.3, 0.4) is 0 Å². The molecule has 1 amide bonds. The maximum atomic E-state index is 12.3. The first-order valence-corrected chi connectivity index (χ1v) is 8.91. The van der Waals surface area contributed by atoms with Gasteiger partial charge in [0.1, 0.15) is 0 Å². The summed E-state index contributed by atoms with van der Waals surface area (Å²) in [6.45, 7) is 1.68. The van der Waals surface area contributed by atoms with Crippen molar-refractivity contribution in [3.05, 3.63) is 60.2 Å². The average Bonchev–Trinajstić information content (AvgIpc) is 3.19. The van der Waals surface area contributed by atoms with Crippen LogP contribution < -0.4 is 10.6 Å². The fraction of sp³-hybridized carbons (Fsp3) is 0.333. The summed E-state index contributed by atoms with van der Waals surface area (Å²) in [5.74, 6) is -0.0447. The summed E-state index contributed by atoms with van der Waals surface area (Å²) < 4.78 is 0. The van der Waals surface area contributed by atoms with E-state index >= 15 is 0 Å². The molecule has 0 spiro atoms. The average molecular weight is 373 g/mol. The highest BCUT2D eigenvalue weighted by atomic mass is 35.5. The Morgan fingerprint density at radius 3 is 2.31 bits per heavy atom. The van der Waals surface area contributed by atoms with E-state index in [2.05, 4.69) is 10.6 Å². The highest BCUT2D eigenvalue weighted by molar-refractivity contribution is 5.98. The van der Waals surface area contributed by atoms with Crippen LogP contribution in [-0.4, -0.2) is 30.8 Å². The first-order valence-electron chi connectivity index (χ1n) is 8.91. The first kappa shape index (κ1) is 20.1. The Balaban J connectivity index is 0.00000243. The predicted octanol–water partition coefficient (Wildman–Crippen LogP) is 3.61. The van der Waals surface area contributed by atoms with Crippen molar-refractivity contribution < 1.29 is 9.59 Å². The van der Waals surface area contributed by atoms with E-state index < -0.39 is 0 Å². The normalized spacial score (nSPS) is 15.9. The standard InChI is InChI=1S/C21H24N2O2.ClH/c24-20(12-13-21(25)23-15-19-7-4-14-22-19)18-10-8-17(9-11-18)16-5-2-1-3-6-16;/h1-3,5-6,8-11,19,22H,4,7,12-15H2,(H,23,25);1H. The van der Waals surface area contributed by atoms with Crippen LogP contribution in [0.2, 0.25) is 0 Å². The van der Waals surface area contributed by atoms with Gasteiger partial charge in [0.25, 0.3) is 0 Å². The number of amides is 1. The van der Waals surface area contributed by atoms with Crippen molar-refractivity contribution in [1.29, 1.82) is 0 Å². The number of hydrogen-bond acceptors (Lipinski definition) is 3. The molecular formula is C21H25ClN2O2. The molecule has 0 aromatic heterocycles. The van der Waals surface area contributed by atoms with Gasteiger partial charge in [0.2, 0.25) is 5.91 Å². The fourth-order valence-corrected chi connectivity index (χ4v) is 3.11. The Labute approximate surface area is 160 Å². The van der Waals surface area contributed by atoms with Crippen LogP contribution in [0.5, 0.6) is 0 Å². The highest BCUT2D eigenvalue weighted by Crippen LogP contribution is 2.19. The highest BCUT2D eigenvalue weighted by Gasteiger charge is 2.15. The smallest absolute Gasteiger partial charge is 0.220 e. The zero-order valence-corrected chi connectivity index (χ0v) is 15.6. The third-order valence-corrected chi connectivity index (χ3v) is 4.60. The molecule has 138 valence electrons. The van der Waals surface area contributed by atoms with Gasteiger partial charge in [-0.15, -0.1) is 12.4 Å². The summed E-state index contributed by atoms with van der Waals surface area (Å²) >= 11 is 0. The molecule has 5 heteroatoms. The molecule has 1 saturated heterocycles.